The van der Waals surface area contributed by atoms with Crippen LogP contribution in [0.2, 0.25) is 5.02 Å². The van der Waals surface area contributed by atoms with Gasteiger partial charge in [0.05, 0.1) is 10.6 Å². The third kappa shape index (κ3) is 6.29. The molecular weight excluding hydrogens is 465 g/mol. The number of nitrogens with zero attached hydrogens (tertiary/aromatic N) is 2. The third-order valence-electron chi connectivity index (χ3n) is 5.08. The van der Waals surface area contributed by atoms with E-state index in [-0.39, 0.29) is 28.0 Å². The van der Waals surface area contributed by atoms with E-state index < -0.39 is 26.3 Å². The Bertz CT molecular complexity index is 997. The van der Waals surface area contributed by atoms with Gasteiger partial charge in [0, 0.05) is 30.2 Å². The molecule has 1 aliphatic rings. The van der Waals surface area contributed by atoms with Gasteiger partial charge in [-0.1, -0.05) is 18.0 Å². The number of hydrogen-bond donors (Lipinski definition) is 2. The van der Waals surface area contributed by atoms with E-state index in [0.717, 1.165) is 49.2 Å². The maximum atomic E-state index is 14.8. The summed E-state index contributed by atoms with van der Waals surface area (Å²) in [6, 6.07) is 2.09. The van der Waals surface area contributed by atoms with Gasteiger partial charge in [0.15, 0.2) is 5.13 Å². The van der Waals surface area contributed by atoms with Crippen LogP contribution in [0.25, 0.3) is 0 Å². The topological polar surface area (TPSA) is 91.8 Å². The van der Waals surface area contributed by atoms with Crippen LogP contribution in [0.15, 0.2) is 28.6 Å². The van der Waals surface area contributed by atoms with Crippen LogP contribution >= 0.6 is 22.9 Å². The lowest BCUT2D eigenvalue weighted by molar-refractivity contribution is -0.00765. The minimum atomic E-state index is -4.18. The fraction of sp³-hybridized carbons (Fsp3) is 0.550. The second kappa shape index (κ2) is 9.58. The molecule has 2 N–H and O–H groups in total. The first kappa shape index (κ1) is 24.2. The van der Waals surface area contributed by atoms with E-state index in [1.165, 1.54) is 6.20 Å². The van der Waals surface area contributed by atoms with Crippen LogP contribution in [0.3, 0.4) is 0 Å². The molecule has 2 aromatic rings. The Labute approximate surface area is 191 Å². The number of nitrogens with one attached hydrogen (secondary N) is 1. The molecule has 0 bridgehead atoms. The Morgan fingerprint density at radius 3 is 2.74 bits per heavy atom. The molecule has 1 aliphatic carbocycles. The average molecular weight is 492 g/mol. The lowest BCUT2D eigenvalue weighted by Crippen LogP contribution is -2.50. The van der Waals surface area contributed by atoms with Crippen molar-refractivity contribution in [3.8, 4) is 5.75 Å². The normalized spacial score (nSPS) is 20.1. The van der Waals surface area contributed by atoms with Crippen LogP contribution in [-0.4, -0.2) is 54.7 Å². The molecule has 0 saturated heterocycles. The Morgan fingerprint density at radius 1 is 1.39 bits per heavy atom. The number of hydrogen-bond acceptors (Lipinski definition) is 7. The van der Waals surface area contributed by atoms with Gasteiger partial charge in [-0.2, -0.15) is 0 Å². The van der Waals surface area contributed by atoms with E-state index in [2.05, 4.69) is 9.71 Å². The molecule has 172 valence electrons. The second-order valence-electron chi connectivity index (χ2n) is 8.39. The summed E-state index contributed by atoms with van der Waals surface area (Å²) in [5.74, 6) is -0.860. The molecule has 0 spiro atoms. The van der Waals surface area contributed by atoms with Crippen molar-refractivity contribution in [3.63, 3.8) is 0 Å². The SMILES string of the molecule is CN(CC(C)(C)O)[C@H]1CCCC[C@@H]1Oc1cc(F)c(S(=O)(=O)Nc2nccs2)cc1Cl. The third-order valence-corrected chi connectivity index (χ3v) is 7.55. The van der Waals surface area contributed by atoms with Crippen molar-refractivity contribution < 1.29 is 22.7 Å². The van der Waals surface area contributed by atoms with Crippen LogP contribution < -0.4 is 9.46 Å². The summed E-state index contributed by atoms with van der Waals surface area (Å²) in [6.07, 6.45) is 4.81. The Kier molecular flexibility index (Phi) is 7.47. The van der Waals surface area contributed by atoms with E-state index in [1.54, 1.807) is 19.2 Å². The lowest BCUT2D eigenvalue weighted by Gasteiger charge is -2.40. The fourth-order valence-electron chi connectivity index (χ4n) is 3.86. The number of aliphatic hydroxyl groups is 1. The maximum absolute atomic E-state index is 14.8. The van der Waals surface area contributed by atoms with Gasteiger partial charge >= 0.3 is 0 Å². The summed E-state index contributed by atoms with van der Waals surface area (Å²) < 4.78 is 48.1. The number of benzene rings is 1. The quantitative estimate of drug-likeness (QED) is 0.577. The number of thiazole rings is 1. The van der Waals surface area contributed by atoms with E-state index in [0.29, 0.717) is 6.54 Å². The van der Waals surface area contributed by atoms with Crippen molar-refractivity contribution in [1.29, 1.82) is 0 Å². The summed E-state index contributed by atoms with van der Waals surface area (Å²) in [4.78, 5) is 5.33. The zero-order valence-electron chi connectivity index (χ0n) is 17.6. The van der Waals surface area contributed by atoms with Crippen molar-refractivity contribution in [1.82, 2.24) is 9.88 Å². The molecule has 0 aliphatic heterocycles. The van der Waals surface area contributed by atoms with Crippen LogP contribution in [-0.2, 0) is 10.0 Å². The minimum Gasteiger partial charge on any atom is -0.487 e. The van der Waals surface area contributed by atoms with Gasteiger partial charge in [-0.25, -0.2) is 17.8 Å². The maximum Gasteiger partial charge on any atom is 0.266 e. The molecule has 2 atom stereocenters. The first-order chi connectivity index (χ1) is 14.5. The molecule has 0 unspecified atom stereocenters. The van der Waals surface area contributed by atoms with Gasteiger partial charge in [0.1, 0.15) is 22.6 Å². The van der Waals surface area contributed by atoms with E-state index in [1.807, 2.05) is 11.9 Å². The molecule has 11 heteroatoms. The predicted octanol–water partition coefficient (Wildman–Crippen LogP) is 4.13. The van der Waals surface area contributed by atoms with E-state index in [4.69, 9.17) is 16.3 Å². The summed E-state index contributed by atoms with van der Waals surface area (Å²) >= 11 is 7.38. The lowest BCUT2D eigenvalue weighted by atomic mass is 9.90. The summed E-state index contributed by atoms with van der Waals surface area (Å²) in [7, 11) is -2.26. The summed E-state index contributed by atoms with van der Waals surface area (Å²) in [6.45, 7) is 3.94. The molecule has 0 radical (unpaired) electrons. The van der Waals surface area contributed by atoms with Gasteiger partial charge < -0.3 is 9.84 Å². The first-order valence-electron chi connectivity index (χ1n) is 9.97. The van der Waals surface area contributed by atoms with Crippen molar-refractivity contribution in [2.24, 2.45) is 0 Å². The van der Waals surface area contributed by atoms with Crippen LogP contribution in [0.5, 0.6) is 5.75 Å². The van der Waals surface area contributed by atoms with Crippen LogP contribution in [0, 0.1) is 5.82 Å². The molecule has 3 rings (SSSR count). The molecule has 1 aromatic carbocycles. The number of anilines is 1. The zero-order valence-corrected chi connectivity index (χ0v) is 20.0. The number of likely N-dealkylation sites (N-methyl/N-ethyl adjacent to an activating group) is 1. The van der Waals surface area contributed by atoms with Crippen LogP contribution in [0.4, 0.5) is 9.52 Å². The fourth-order valence-corrected chi connectivity index (χ4v) is 6.01. The average Bonchev–Trinajstić information content (AvgIpc) is 3.15. The van der Waals surface area contributed by atoms with Gasteiger partial charge in [-0.3, -0.25) is 9.62 Å². The number of halogens is 2. The largest absolute Gasteiger partial charge is 0.487 e. The van der Waals surface area contributed by atoms with Crippen molar-refractivity contribution >= 4 is 38.1 Å². The highest BCUT2D eigenvalue weighted by molar-refractivity contribution is 7.93. The number of rotatable bonds is 8. The van der Waals surface area contributed by atoms with Gasteiger partial charge in [-0.15, -0.1) is 11.3 Å². The highest BCUT2D eigenvalue weighted by Gasteiger charge is 2.33. The standard InChI is InChI=1S/C20H27ClFN3O4S2/c1-20(2,26)12-25(3)15-6-4-5-7-16(15)29-17-11-14(22)18(10-13(17)21)31(27,28)24-19-23-8-9-30-19/h8-11,15-16,26H,4-7,12H2,1-3H3,(H,23,24)/t15-,16-/m0/s1. The molecular formula is C20H27ClFN3O4S2. The molecule has 31 heavy (non-hydrogen) atoms. The summed E-state index contributed by atoms with van der Waals surface area (Å²) in [5.41, 5.74) is -0.860. The Hall–Kier alpha value is -1.46. The van der Waals surface area contributed by atoms with Gasteiger partial charge in [0.25, 0.3) is 10.0 Å². The molecule has 0 amide bonds. The van der Waals surface area contributed by atoms with Gasteiger partial charge in [-0.05, 0) is 46.2 Å². The molecule has 1 saturated carbocycles. The second-order valence-corrected chi connectivity index (χ2v) is 11.3. The van der Waals surface area contributed by atoms with Crippen molar-refractivity contribution in [2.45, 2.75) is 62.2 Å². The van der Waals surface area contributed by atoms with E-state index in [9.17, 15) is 17.9 Å². The van der Waals surface area contributed by atoms with Crippen LogP contribution in [0.1, 0.15) is 39.5 Å². The number of aromatic nitrogens is 1. The molecule has 1 fully saturated rings. The Balaban J connectivity index is 1.80. The first-order valence-corrected chi connectivity index (χ1v) is 12.7. The smallest absolute Gasteiger partial charge is 0.266 e. The number of ether oxygens (including phenoxy) is 1. The van der Waals surface area contributed by atoms with Crippen molar-refractivity contribution in [3.05, 3.63) is 34.5 Å². The molecule has 7 nitrogen and oxygen atoms in total. The van der Waals surface area contributed by atoms with Crippen molar-refractivity contribution in [2.75, 3.05) is 18.3 Å². The predicted molar refractivity (Wildman–Crippen MR) is 120 cm³/mol. The van der Waals surface area contributed by atoms with E-state index >= 15 is 0 Å². The highest BCUT2D eigenvalue weighted by atomic mass is 35.5. The molecule has 1 aromatic heterocycles. The Morgan fingerprint density at radius 2 is 2.10 bits per heavy atom. The zero-order chi connectivity index (χ0) is 22.8. The minimum absolute atomic E-state index is 0.00961. The highest BCUT2D eigenvalue weighted by Crippen LogP contribution is 2.34. The summed E-state index contributed by atoms with van der Waals surface area (Å²) in [5, 5.41) is 11.9. The van der Waals surface area contributed by atoms with Gasteiger partial charge in [0.2, 0.25) is 0 Å². The number of sulfonamides is 1. The molecule has 1 heterocycles. The monoisotopic (exact) mass is 491 g/mol.